The lowest BCUT2D eigenvalue weighted by Crippen LogP contribution is -2.66. The van der Waals surface area contributed by atoms with E-state index < -0.39 is 65.1 Å². The minimum atomic E-state index is -1.30. The molecule has 0 bridgehead atoms. The Kier molecular flexibility index (Phi) is 8.04. The summed E-state index contributed by atoms with van der Waals surface area (Å²) >= 11 is 1.36. The zero-order valence-corrected chi connectivity index (χ0v) is 25.4. The topological polar surface area (TPSA) is 117 Å². The van der Waals surface area contributed by atoms with Crippen molar-refractivity contribution in [2.75, 3.05) is 38.5 Å². The standard InChI is InChI=1S/C31H29F2N3O8S/c1-31(2,29(39)41-3)16-43-30(40)44-27-21(37)10-11-35-26(27)28(38)34-12-13-42-14-23(34)36(35)25-17-8-9-20(32)24(33)19(17)15-45-22-7-5-4-6-18(22)25/h4-11,23,25H,12-16H2,1-3H3/t23-,25+/m1/s1. The molecule has 3 aliphatic rings. The van der Waals surface area contributed by atoms with Crippen molar-refractivity contribution in [2.45, 2.75) is 36.7 Å². The average Bonchev–Trinajstić information content (AvgIpc) is 3.20. The van der Waals surface area contributed by atoms with Crippen molar-refractivity contribution in [1.82, 2.24) is 9.58 Å². The number of halogens is 2. The van der Waals surface area contributed by atoms with Gasteiger partial charge >= 0.3 is 12.1 Å². The van der Waals surface area contributed by atoms with Gasteiger partial charge in [0, 0.05) is 35.0 Å². The number of carbonyl (C=O) groups excluding carboxylic acids is 3. The normalized spacial score (nSPS) is 19.0. The Hall–Kier alpha value is -4.43. The van der Waals surface area contributed by atoms with Gasteiger partial charge in [-0.1, -0.05) is 24.3 Å². The van der Waals surface area contributed by atoms with E-state index in [1.807, 2.05) is 24.3 Å². The molecule has 0 unspecified atom stereocenters. The molecule has 0 radical (unpaired) electrons. The van der Waals surface area contributed by atoms with Crippen LogP contribution < -0.4 is 15.2 Å². The SMILES string of the molecule is COC(=O)C(C)(C)COC(=O)Oc1c2n(ccc1=O)N([C@@H]1c3ccccc3SCc3c1ccc(F)c3F)[C@@H]1COCCN1C2=O. The molecular formula is C31H29F2N3O8S. The van der Waals surface area contributed by atoms with Crippen LogP contribution in [0.3, 0.4) is 0 Å². The number of ether oxygens (including phenoxy) is 4. The molecule has 1 amide bonds. The van der Waals surface area contributed by atoms with Gasteiger partial charge < -0.3 is 23.8 Å². The van der Waals surface area contributed by atoms with Gasteiger partial charge in [-0.25, -0.2) is 13.6 Å². The van der Waals surface area contributed by atoms with E-state index in [9.17, 15) is 23.6 Å². The highest BCUT2D eigenvalue weighted by molar-refractivity contribution is 7.98. The van der Waals surface area contributed by atoms with Crippen molar-refractivity contribution in [3.05, 3.63) is 92.9 Å². The first-order chi connectivity index (χ1) is 21.5. The van der Waals surface area contributed by atoms with Gasteiger partial charge in [-0.05, 0) is 37.1 Å². The smallest absolute Gasteiger partial charge is 0.469 e. The fourth-order valence-electron chi connectivity index (χ4n) is 5.76. The van der Waals surface area contributed by atoms with Crippen LogP contribution in [0, 0.1) is 17.0 Å². The van der Waals surface area contributed by atoms with Gasteiger partial charge in [0.05, 0.1) is 31.8 Å². The minimum absolute atomic E-state index is 0.0724. The summed E-state index contributed by atoms with van der Waals surface area (Å²) in [6, 6.07) is 10.3. The maximum Gasteiger partial charge on any atom is 0.514 e. The first kappa shape index (κ1) is 30.6. The number of nitrogens with zero attached hydrogens (tertiary/aromatic N) is 3. The summed E-state index contributed by atoms with van der Waals surface area (Å²) in [5.74, 6) is -3.61. The Morgan fingerprint density at radius 3 is 2.64 bits per heavy atom. The Labute approximate surface area is 260 Å². The van der Waals surface area contributed by atoms with E-state index in [0.717, 1.165) is 22.6 Å². The average molecular weight is 642 g/mol. The van der Waals surface area contributed by atoms with Crippen LogP contribution in [0.2, 0.25) is 0 Å². The third-order valence-electron chi connectivity index (χ3n) is 8.01. The van der Waals surface area contributed by atoms with Crippen LogP contribution in [0.5, 0.6) is 5.75 Å². The van der Waals surface area contributed by atoms with Crippen molar-refractivity contribution < 1.29 is 42.1 Å². The number of amides is 1. The molecule has 1 aromatic heterocycles. The summed E-state index contributed by atoms with van der Waals surface area (Å²) in [5, 5.41) is 1.76. The van der Waals surface area contributed by atoms with Crippen molar-refractivity contribution in [2.24, 2.45) is 5.41 Å². The van der Waals surface area contributed by atoms with Crippen LogP contribution in [0.1, 0.15) is 47.1 Å². The molecule has 3 aliphatic heterocycles. The second-order valence-electron chi connectivity index (χ2n) is 11.3. The highest BCUT2D eigenvalue weighted by atomic mass is 32.2. The molecule has 0 aliphatic carbocycles. The van der Waals surface area contributed by atoms with Gasteiger partial charge in [0.15, 0.2) is 17.3 Å². The molecule has 0 spiro atoms. The Bertz CT molecular complexity index is 1760. The monoisotopic (exact) mass is 641 g/mol. The molecular weight excluding hydrogens is 612 g/mol. The third kappa shape index (κ3) is 5.31. The maximum atomic E-state index is 15.4. The number of benzene rings is 2. The third-order valence-corrected chi connectivity index (χ3v) is 9.12. The highest BCUT2D eigenvalue weighted by Gasteiger charge is 2.47. The fourth-order valence-corrected chi connectivity index (χ4v) is 6.87. The first-order valence-electron chi connectivity index (χ1n) is 14.1. The van der Waals surface area contributed by atoms with Gasteiger partial charge in [-0.2, -0.15) is 0 Å². The molecule has 11 nitrogen and oxygen atoms in total. The largest absolute Gasteiger partial charge is 0.514 e. The zero-order chi connectivity index (χ0) is 32.0. The lowest BCUT2D eigenvalue weighted by atomic mass is 9.93. The number of methoxy groups -OCH3 is 1. The van der Waals surface area contributed by atoms with Crippen LogP contribution in [0.4, 0.5) is 13.6 Å². The van der Waals surface area contributed by atoms with E-state index in [1.165, 1.54) is 54.6 Å². The molecule has 0 N–H and O–H groups in total. The van der Waals surface area contributed by atoms with E-state index in [4.69, 9.17) is 18.9 Å². The molecule has 45 heavy (non-hydrogen) atoms. The zero-order valence-electron chi connectivity index (χ0n) is 24.6. The number of aromatic nitrogens is 1. The summed E-state index contributed by atoms with van der Waals surface area (Å²) in [6.45, 7) is 3.01. The first-order valence-corrected chi connectivity index (χ1v) is 15.1. The molecule has 14 heteroatoms. The lowest BCUT2D eigenvalue weighted by Gasteiger charge is -2.51. The van der Waals surface area contributed by atoms with E-state index >= 15 is 4.39 Å². The summed E-state index contributed by atoms with van der Waals surface area (Å²) < 4.78 is 52.3. The molecule has 0 saturated carbocycles. The molecule has 6 rings (SSSR count). The molecule has 2 aromatic carbocycles. The fraction of sp³-hybridized carbons (Fsp3) is 0.355. The second-order valence-corrected chi connectivity index (χ2v) is 12.3. The Morgan fingerprint density at radius 1 is 1.09 bits per heavy atom. The van der Waals surface area contributed by atoms with Crippen molar-refractivity contribution in [1.29, 1.82) is 0 Å². The van der Waals surface area contributed by atoms with E-state index in [0.29, 0.717) is 5.56 Å². The Morgan fingerprint density at radius 2 is 1.87 bits per heavy atom. The summed E-state index contributed by atoms with van der Waals surface area (Å²) in [6.07, 6.45) is -0.662. The van der Waals surface area contributed by atoms with Crippen LogP contribution in [0.15, 0.2) is 58.4 Å². The van der Waals surface area contributed by atoms with Crippen LogP contribution in [-0.4, -0.2) is 67.2 Å². The molecule has 1 saturated heterocycles. The number of carbonyl (C=O) groups is 3. The molecule has 3 aromatic rings. The van der Waals surface area contributed by atoms with Crippen LogP contribution >= 0.6 is 11.8 Å². The number of pyridine rings is 1. The van der Waals surface area contributed by atoms with Crippen molar-refractivity contribution >= 4 is 29.8 Å². The number of morpholine rings is 1. The summed E-state index contributed by atoms with van der Waals surface area (Å²) in [5.41, 5.74) is -0.859. The Balaban J connectivity index is 1.50. The number of rotatable bonds is 5. The van der Waals surface area contributed by atoms with Gasteiger partial charge in [0.25, 0.3) is 5.91 Å². The van der Waals surface area contributed by atoms with Gasteiger partial charge in [-0.15, -0.1) is 11.8 Å². The maximum absolute atomic E-state index is 15.4. The molecule has 4 heterocycles. The highest BCUT2D eigenvalue weighted by Crippen LogP contribution is 2.45. The van der Waals surface area contributed by atoms with Gasteiger partial charge in [0.2, 0.25) is 11.2 Å². The second kappa shape index (κ2) is 11.8. The molecule has 1 fully saturated rings. The van der Waals surface area contributed by atoms with E-state index in [2.05, 4.69) is 0 Å². The van der Waals surface area contributed by atoms with Gasteiger partial charge in [0.1, 0.15) is 12.8 Å². The van der Waals surface area contributed by atoms with Crippen LogP contribution in [0.25, 0.3) is 0 Å². The van der Waals surface area contributed by atoms with Crippen molar-refractivity contribution in [3.63, 3.8) is 0 Å². The number of fused-ring (bicyclic) bond motifs is 4. The predicted molar refractivity (Wildman–Crippen MR) is 157 cm³/mol. The van der Waals surface area contributed by atoms with Crippen molar-refractivity contribution in [3.8, 4) is 5.75 Å². The van der Waals surface area contributed by atoms with E-state index in [1.54, 1.807) is 5.01 Å². The number of hydrogen-bond donors (Lipinski definition) is 0. The number of thioether (sulfide) groups is 1. The van der Waals surface area contributed by atoms with Crippen LogP contribution in [-0.2, 0) is 24.8 Å². The number of esters is 1. The number of hydrogen-bond acceptors (Lipinski definition) is 10. The summed E-state index contributed by atoms with van der Waals surface area (Å²) in [4.78, 5) is 54.4. The molecule has 2 atom stereocenters. The van der Waals surface area contributed by atoms with Gasteiger partial charge in [-0.3, -0.25) is 24.1 Å². The quantitative estimate of drug-likeness (QED) is 0.379. The van der Waals surface area contributed by atoms with E-state index in [-0.39, 0.29) is 36.8 Å². The predicted octanol–water partition coefficient (Wildman–Crippen LogP) is 3.99. The minimum Gasteiger partial charge on any atom is -0.469 e. The molecule has 236 valence electrons. The lowest BCUT2D eigenvalue weighted by molar-refractivity contribution is -0.153. The summed E-state index contributed by atoms with van der Waals surface area (Å²) in [7, 11) is 1.20.